The lowest BCUT2D eigenvalue weighted by Gasteiger charge is -2.20. The number of ether oxygens (including phenoxy) is 1. The van der Waals surface area contributed by atoms with Crippen molar-refractivity contribution in [1.29, 1.82) is 0 Å². The van der Waals surface area contributed by atoms with Crippen LogP contribution < -0.4 is 10.5 Å². The SMILES string of the molecule is CC[C@H](N)C(=O)N1CC[C@@H](Oc2ccccc2Cl)C1. The van der Waals surface area contributed by atoms with Gasteiger partial charge in [-0.25, -0.2) is 0 Å². The third-order valence-corrected chi connectivity index (χ3v) is 3.66. The van der Waals surface area contributed by atoms with Crippen molar-refractivity contribution in [2.45, 2.75) is 31.9 Å². The molecule has 1 aromatic carbocycles. The molecule has 1 heterocycles. The summed E-state index contributed by atoms with van der Waals surface area (Å²) in [5.74, 6) is 0.677. The second-order valence-electron chi connectivity index (χ2n) is 4.76. The van der Waals surface area contributed by atoms with Crippen LogP contribution in [0.15, 0.2) is 24.3 Å². The summed E-state index contributed by atoms with van der Waals surface area (Å²) in [7, 11) is 0. The lowest BCUT2D eigenvalue weighted by atomic mass is 10.2. The third-order valence-electron chi connectivity index (χ3n) is 3.34. The average molecular weight is 283 g/mol. The summed E-state index contributed by atoms with van der Waals surface area (Å²) in [5.41, 5.74) is 5.77. The van der Waals surface area contributed by atoms with Crippen molar-refractivity contribution in [3.05, 3.63) is 29.3 Å². The number of likely N-dealkylation sites (tertiary alicyclic amines) is 1. The highest BCUT2D eigenvalue weighted by molar-refractivity contribution is 6.32. The first-order valence-electron chi connectivity index (χ1n) is 6.57. The number of hydrogen-bond donors (Lipinski definition) is 1. The van der Waals surface area contributed by atoms with Gasteiger partial charge in [-0.2, -0.15) is 0 Å². The molecule has 0 radical (unpaired) electrons. The van der Waals surface area contributed by atoms with E-state index in [1.165, 1.54) is 0 Å². The third kappa shape index (κ3) is 3.39. The molecule has 1 aliphatic heterocycles. The van der Waals surface area contributed by atoms with Crippen LogP contribution in [0, 0.1) is 0 Å². The van der Waals surface area contributed by atoms with Gasteiger partial charge in [0.15, 0.2) is 0 Å². The highest BCUT2D eigenvalue weighted by Gasteiger charge is 2.30. The Kier molecular flexibility index (Phi) is 4.66. The topological polar surface area (TPSA) is 55.6 Å². The number of para-hydroxylation sites is 1. The van der Waals surface area contributed by atoms with E-state index in [1.54, 1.807) is 11.0 Å². The number of carbonyl (C=O) groups excluding carboxylic acids is 1. The fraction of sp³-hybridized carbons (Fsp3) is 0.500. The van der Waals surface area contributed by atoms with Gasteiger partial charge < -0.3 is 15.4 Å². The summed E-state index contributed by atoms with van der Waals surface area (Å²) in [6.07, 6.45) is 1.46. The van der Waals surface area contributed by atoms with Gasteiger partial charge in [0.05, 0.1) is 17.6 Å². The molecule has 0 bridgehead atoms. The van der Waals surface area contributed by atoms with E-state index in [-0.39, 0.29) is 12.0 Å². The summed E-state index contributed by atoms with van der Waals surface area (Å²) >= 11 is 6.05. The normalized spacial score (nSPS) is 20.4. The van der Waals surface area contributed by atoms with Crippen molar-refractivity contribution >= 4 is 17.5 Å². The van der Waals surface area contributed by atoms with Gasteiger partial charge >= 0.3 is 0 Å². The quantitative estimate of drug-likeness (QED) is 0.920. The molecule has 0 unspecified atom stereocenters. The Hall–Kier alpha value is -1.26. The minimum absolute atomic E-state index is 0.00657. The molecule has 1 aromatic rings. The van der Waals surface area contributed by atoms with Crippen LogP contribution in [-0.2, 0) is 4.79 Å². The molecule has 1 fully saturated rings. The molecule has 2 N–H and O–H groups in total. The Morgan fingerprint density at radius 3 is 3.00 bits per heavy atom. The molecule has 1 saturated heterocycles. The van der Waals surface area contributed by atoms with Crippen molar-refractivity contribution < 1.29 is 9.53 Å². The first kappa shape index (κ1) is 14.2. The predicted molar refractivity (Wildman–Crippen MR) is 75.3 cm³/mol. The number of carbonyl (C=O) groups is 1. The van der Waals surface area contributed by atoms with Gasteiger partial charge in [0, 0.05) is 13.0 Å². The number of halogens is 1. The molecule has 1 aliphatic rings. The maximum Gasteiger partial charge on any atom is 0.239 e. The highest BCUT2D eigenvalue weighted by atomic mass is 35.5. The molecule has 5 heteroatoms. The molecule has 1 amide bonds. The van der Waals surface area contributed by atoms with Crippen molar-refractivity contribution in [2.75, 3.05) is 13.1 Å². The van der Waals surface area contributed by atoms with Crippen LogP contribution >= 0.6 is 11.6 Å². The zero-order valence-corrected chi connectivity index (χ0v) is 11.8. The van der Waals surface area contributed by atoms with Crippen LogP contribution in [0.4, 0.5) is 0 Å². The summed E-state index contributed by atoms with van der Waals surface area (Å²) in [5, 5.41) is 0.595. The minimum atomic E-state index is -0.404. The second-order valence-corrected chi connectivity index (χ2v) is 5.17. The molecule has 4 nitrogen and oxygen atoms in total. The van der Waals surface area contributed by atoms with E-state index in [1.807, 2.05) is 25.1 Å². The Morgan fingerprint density at radius 1 is 1.58 bits per heavy atom. The van der Waals surface area contributed by atoms with Crippen LogP contribution in [0.25, 0.3) is 0 Å². The Bertz CT molecular complexity index is 453. The molecule has 2 rings (SSSR count). The molecular weight excluding hydrogens is 264 g/mol. The minimum Gasteiger partial charge on any atom is -0.487 e. The number of nitrogens with zero attached hydrogens (tertiary/aromatic N) is 1. The molecule has 19 heavy (non-hydrogen) atoms. The molecule has 0 aromatic heterocycles. The number of hydrogen-bond acceptors (Lipinski definition) is 3. The van der Waals surface area contributed by atoms with Gasteiger partial charge in [0.2, 0.25) is 5.91 Å². The van der Waals surface area contributed by atoms with E-state index in [2.05, 4.69) is 0 Å². The molecule has 104 valence electrons. The van der Waals surface area contributed by atoms with E-state index in [4.69, 9.17) is 22.1 Å². The Morgan fingerprint density at radius 2 is 2.32 bits per heavy atom. The van der Waals surface area contributed by atoms with E-state index in [0.717, 1.165) is 6.42 Å². The van der Waals surface area contributed by atoms with Gasteiger partial charge in [0.1, 0.15) is 11.9 Å². The van der Waals surface area contributed by atoms with Gasteiger partial charge in [-0.1, -0.05) is 30.7 Å². The number of benzene rings is 1. The lowest BCUT2D eigenvalue weighted by Crippen LogP contribution is -2.42. The van der Waals surface area contributed by atoms with E-state index >= 15 is 0 Å². The number of nitrogens with two attached hydrogens (primary N) is 1. The first-order chi connectivity index (χ1) is 9.11. The largest absolute Gasteiger partial charge is 0.487 e. The van der Waals surface area contributed by atoms with E-state index in [0.29, 0.717) is 30.3 Å². The van der Waals surface area contributed by atoms with Crippen molar-refractivity contribution in [1.82, 2.24) is 4.90 Å². The summed E-state index contributed by atoms with van der Waals surface area (Å²) in [6.45, 7) is 3.19. The maximum atomic E-state index is 12.0. The molecule has 0 spiro atoms. The zero-order chi connectivity index (χ0) is 13.8. The smallest absolute Gasteiger partial charge is 0.239 e. The van der Waals surface area contributed by atoms with Gasteiger partial charge in [-0.15, -0.1) is 0 Å². The van der Waals surface area contributed by atoms with Crippen LogP contribution in [0.5, 0.6) is 5.75 Å². The van der Waals surface area contributed by atoms with E-state index < -0.39 is 6.04 Å². The monoisotopic (exact) mass is 282 g/mol. The summed E-state index contributed by atoms with van der Waals surface area (Å²) in [4.78, 5) is 13.7. The first-order valence-corrected chi connectivity index (χ1v) is 6.95. The predicted octanol–water partition coefficient (Wildman–Crippen LogP) is 2.06. The fourth-order valence-corrected chi connectivity index (χ4v) is 2.33. The van der Waals surface area contributed by atoms with Crippen molar-refractivity contribution in [3.8, 4) is 5.75 Å². The van der Waals surface area contributed by atoms with Crippen LogP contribution in [-0.4, -0.2) is 36.0 Å². The van der Waals surface area contributed by atoms with Crippen LogP contribution in [0.1, 0.15) is 19.8 Å². The standard InChI is InChI=1S/C14H19ClN2O2/c1-2-12(16)14(18)17-8-7-10(9-17)19-13-6-4-3-5-11(13)15/h3-6,10,12H,2,7-9,16H2,1H3/t10-,12+/m1/s1. The average Bonchev–Trinajstić information content (AvgIpc) is 2.88. The fourth-order valence-electron chi connectivity index (χ4n) is 2.15. The Balaban J connectivity index is 1.92. The molecule has 2 atom stereocenters. The molecular formula is C14H19ClN2O2. The van der Waals surface area contributed by atoms with Crippen molar-refractivity contribution in [3.63, 3.8) is 0 Å². The van der Waals surface area contributed by atoms with Crippen LogP contribution in [0.2, 0.25) is 5.02 Å². The number of rotatable bonds is 4. The molecule has 0 aliphatic carbocycles. The lowest BCUT2D eigenvalue weighted by molar-refractivity contribution is -0.131. The Labute approximate surface area is 118 Å². The zero-order valence-electron chi connectivity index (χ0n) is 11.0. The molecule has 0 saturated carbocycles. The summed E-state index contributed by atoms with van der Waals surface area (Å²) in [6, 6.07) is 6.97. The maximum absolute atomic E-state index is 12.0. The van der Waals surface area contributed by atoms with Crippen molar-refractivity contribution in [2.24, 2.45) is 5.73 Å². The highest BCUT2D eigenvalue weighted by Crippen LogP contribution is 2.26. The number of amides is 1. The van der Waals surface area contributed by atoms with Gasteiger partial charge in [-0.3, -0.25) is 4.79 Å². The summed E-state index contributed by atoms with van der Waals surface area (Å²) < 4.78 is 5.83. The van der Waals surface area contributed by atoms with Gasteiger partial charge in [0.25, 0.3) is 0 Å². The second kappa shape index (κ2) is 6.26. The van der Waals surface area contributed by atoms with E-state index in [9.17, 15) is 4.79 Å². The van der Waals surface area contributed by atoms with Crippen LogP contribution in [0.3, 0.4) is 0 Å². The van der Waals surface area contributed by atoms with Gasteiger partial charge in [-0.05, 0) is 18.6 Å².